The van der Waals surface area contributed by atoms with Gasteiger partial charge in [0.15, 0.2) is 0 Å². The summed E-state index contributed by atoms with van der Waals surface area (Å²) in [4.78, 5) is 29.6. The third-order valence-corrected chi connectivity index (χ3v) is 6.84. The molecule has 1 unspecified atom stereocenters. The summed E-state index contributed by atoms with van der Waals surface area (Å²) in [7, 11) is 1.41. The largest absolute Gasteiger partial charge is 0.468 e. The lowest BCUT2D eigenvalue weighted by Gasteiger charge is -2.38. The average molecular weight is 504 g/mol. The number of amides is 1. The Morgan fingerprint density at radius 1 is 0.946 bits per heavy atom. The van der Waals surface area contributed by atoms with Crippen LogP contribution in [0.3, 0.4) is 0 Å². The van der Waals surface area contributed by atoms with Crippen LogP contribution in [0.4, 0.5) is 10.1 Å². The van der Waals surface area contributed by atoms with Gasteiger partial charge < -0.3 is 10.1 Å². The molecule has 1 aliphatic heterocycles. The third-order valence-electron chi connectivity index (χ3n) is 6.84. The standard InChI is InChI=1S/C30H34FN3O3/c1-21(2)25-11-7-8-12-26(25)29(35)32-24-14-13-23(27(31)19-24)20-33-15-17-34(18-16-33)28(30(36)37-3)22-9-5-4-6-10-22/h4-14,19,21,28H,15-18,20H2,1-3H3,(H,32,35). The highest BCUT2D eigenvalue weighted by Crippen LogP contribution is 2.25. The molecule has 6 nitrogen and oxygen atoms in total. The number of piperazine rings is 1. The van der Waals surface area contributed by atoms with Crippen molar-refractivity contribution in [2.45, 2.75) is 32.4 Å². The normalized spacial score (nSPS) is 15.4. The van der Waals surface area contributed by atoms with E-state index in [-0.39, 0.29) is 23.6 Å². The second kappa shape index (κ2) is 12.1. The van der Waals surface area contributed by atoms with Crippen LogP contribution in [0.5, 0.6) is 0 Å². The first-order valence-corrected chi connectivity index (χ1v) is 12.6. The molecular weight excluding hydrogens is 469 g/mol. The highest BCUT2D eigenvalue weighted by atomic mass is 19.1. The number of nitrogens with zero attached hydrogens (tertiary/aromatic N) is 2. The SMILES string of the molecule is COC(=O)C(c1ccccc1)N1CCN(Cc2ccc(NC(=O)c3ccccc3C(C)C)cc2F)CC1. The summed E-state index contributed by atoms with van der Waals surface area (Å²) >= 11 is 0. The number of carbonyl (C=O) groups is 2. The molecule has 1 fully saturated rings. The first-order valence-electron chi connectivity index (χ1n) is 12.6. The minimum absolute atomic E-state index is 0.206. The zero-order valence-electron chi connectivity index (χ0n) is 21.6. The first-order chi connectivity index (χ1) is 17.9. The van der Waals surface area contributed by atoms with Gasteiger partial charge in [0.05, 0.1) is 7.11 Å². The predicted octanol–water partition coefficient (Wildman–Crippen LogP) is 5.23. The first kappa shape index (κ1) is 26.5. The fourth-order valence-electron chi connectivity index (χ4n) is 4.82. The second-order valence-electron chi connectivity index (χ2n) is 9.65. The van der Waals surface area contributed by atoms with E-state index in [2.05, 4.69) is 15.1 Å². The predicted molar refractivity (Wildman–Crippen MR) is 143 cm³/mol. The Hall–Kier alpha value is -3.55. The number of hydrogen-bond donors (Lipinski definition) is 1. The second-order valence-corrected chi connectivity index (χ2v) is 9.65. The van der Waals surface area contributed by atoms with Crippen LogP contribution >= 0.6 is 0 Å². The Bertz CT molecular complexity index is 1220. The zero-order chi connectivity index (χ0) is 26.4. The van der Waals surface area contributed by atoms with Gasteiger partial charge in [-0.15, -0.1) is 0 Å². The molecule has 4 rings (SSSR count). The Kier molecular flexibility index (Phi) is 8.69. The quantitative estimate of drug-likeness (QED) is 0.427. The molecule has 1 heterocycles. The molecule has 1 N–H and O–H groups in total. The molecule has 1 aliphatic rings. The van der Waals surface area contributed by atoms with Crippen molar-refractivity contribution in [1.29, 1.82) is 0 Å². The molecule has 0 bridgehead atoms. The number of carbonyl (C=O) groups excluding carboxylic acids is 2. The van der Waals surface area contributed by atoms with Gasteiger partial charge in [-0.05, 0) is 35.2 Å². The van der Waals surface area contributed by atoms with Gasteiger partial charge in [0, 0.05) is 49.5 Å². The van der Waals surface area contributed by atoms with Crippen LogP contribution < -0.4 is 5.32 Å². The monoisotopic (exact) mass is 503 g/mol. The van der Waals surface area contributed by atoms with E-state index in [0.29, 0.717) is 49.5 Å². The van der Waals surface area contributed by atoms with Crippen molar-refractivity contribution < 1.29 is 18.7 Å². The van der Waals surface area contributed by atoms with Crippen LogP contribution in [0.15, 0.2) is 72.8 Å². The van der Waals surface area contributed by atoms with Gasteiger partial charge in [0.25, 0.3) is 5.91 Å². The van der Waals surface area contributed by atoms with Crippen molar-refractivity contribution in [3.8, 4) is 0 Å². The van der Waals surface area contributed by atoms with Gasteiger partial charge in [-0.3, -0.25) is 14.6 Å². The Morgan fingerprint density at radius 3 is 2.27 bits per heavy atom. The summed E-state index contributed by atoms with van der Waals surface area (Å²) in [5.74, 6) is -0.670. The van der Waals surface area contributed by atoms with Crippen molar-refractivity contribution in [2.24, 2.45) is 0 Å². The smallest absolute Gasteiger partial charge is 0.327 e. The lowest BCUT2D eigenvalue weighted by Crippen LogP contribution is -2.49. The van der Waals surface area contributed by atoms with Crippen LogP contribution in [0, 0.1) is 5.82 Å². The van der Waals surface area contributed by atoms with Crippen molar-refractivity contribution in [1.82, 2.24) is 9.80 Å². The third kappa shape index (κ3) is 6.42. The summed E-state index contributed by atoms with van der Waals surface area (Å²) in [6.45, 7) is 7.27. The van der Waals surface area contributed by atoms with E-state index in [1.807, 2.05) is 62.4 Å². The van der Waals surface area contributed by atoms with Crippen molar-refractivity contribution in [2.75, 3.05) is 38.6 Å². The van der Waals surface area contributed by atoms with E-state index in [0.717, 1.165) is 11.1 Å². The maximum absolute atomic E-state index is 15.0. The number of ether oxygens (including phenoxy) is 1. The summed E-state index contributed by atoms with van der Waals surface area (Å²) in [5, 5.41) is 2.83. The molecule has 1 amide bonds. The van der Waals surface area contributed by atoms with Gasteiger partial charge in [-0.25, -0.2) is 9.18 Å². The van der Waals surface area contributed by atoms with Gasteiger partial charge in [-0.1, -0.05) is 68.4 Å². The number of rotatable bonds is 8. The summed E-state index contributed by atoms with van der Waals surface area (Å²) in [5.41, 5.74) is 3.46. The molecule has 3 aromatic rings. The van der Waals surface area contributed by atoms with Crippen LogP contribution in [0.25, 0.3) is 0 Å². The Labute approximate surface area is 218 Å². The van der Waals surface area contributed by atoms with E-state index in [9.17, 15) is 14.0 Å². The van der Waals surface area contributed by atoms with E-state index in [1.54, 1.807) is 18.2 Å². The molecule has 0 radical (unpaired) electrons. The van der Waals surface area contributed by atoms with E-state index in [1.165, 1.54) is 13.2 Å². The fourth-order valence-corrected chi connectivity index (χ4v) is 4.82. The van der Waals surface area contributed by atoms with Crippen LogP contribution in [-0.4, -0.2) is 55.0 Å². The van der Waals surface area contributed by atoms with Crippen LogP contribution in [0.1, 0.15) is 52.9 Å². The number of nitrogens with one attached hydrogen (secondary N) is 1. The molecule has 0 aromatic heterocycles. The van der Waals surface area contributed by atoms with Crippen LogP contribution in [0.2, 0.25) is 0 Å². The summed E-state index contributed by atoms with van der Waals surface area (Å²) in [6, 6.07) is 21.5. The number of methoxy groups -OCH3 is 1. The lowest BCUT2D eigenvalue weighted by molar-refractivity contribution is -0.148. The number of benzene rings is 3. The fraction of sp³-hybridized carbons (Fsp3) is 0.333. The van der Waals surface area contributed by atoms with Gasteiger partial charge in [0.1, 0.15) is 11.9 Å². The van der Waals surface area contributed by atoms with Crippen molar-refractivity contribution in [3.63, 3.8) is 0 Å². The maximum Gasteiger partial charge on any atom is 0.327 e. The molecule has 0 spiro atoms. The lowest BCUT2D eigenvalue weighted by atomic mass is 9.97. The number of esters is 1. The molecule has 7 heteroatoms. The summed E-state index contributed by atoms with van der Waals surface area (Å²) < 4.78 is 20.1. The van der Waals surface area contributed by atoms with Crippen molar-refractivity contribution in [3.05, 3.63) is 101 Å². The van der Waals surface area contributed by atoms with Gasteiger partial charge in [0.2, 0.25) is 0 Å². The number of anilines is 1. The maximum atomic E-state index is 15.0. The minimum Gasteiger partial charge on any atom is -0.468 e. The van der Waals surface area contributed by atoms with E-state index >= 15 is 0 Å². The summed E-state index contributed by atoms with van der Waals surface area (Å²) in [6.07, 6.45) is 0. The number of hydrogen-bond acceptors (Lipinski definition) is 5. The van der Waals surface area contributed by atoms with Crippen LogP contribution in [-0.2, 0) is 16.1 Å². The molecule has 1 saturated heterocycles. The molecule has 194 valence electrons. The van der Waals surface area contributed by atoms with E-state index in [4.69, 9.17) is 4.74 Å². The average Bonchev–Trinajstić information content (AvgIpc) is 2.91. The zero-order valence-corrected chi connectivity index (χ0v) is 21.6. The molecular formula is C30H34FN3O3. The molecule has 37 heavy (non-hydrogen) atoms. The molecule has 3 aromatic carbocycles. The Balaban J connectivity index is 1.37. The van der Waals surface area contributed by atoms with Crippen molar-refractivity contribution >= 4 is 17.6 Å². The van der Waals surface area contributed by atoms with Gasteiger partial charge in [-0.2, -0.15) is 0 Å². The number of halogens is 1. The van der Waals surface area contributed by atoms with Gasteiger partial charge >= 0.3 is 5.97 Å². The Morgan fingerprint density at radius 2 is 1.62 bits per heavy atom. The molecule has 0 saturated carbocycles. The molecule has 0 aliphatic carbocycles. The van der Waals surface area contributed by atoms with E-state index < -0.39 is 6.04 Å². The minimum atomic E-state index is -0.450. The topological polar surface area (TPSA) is 61.9 Å². The highest BCUT2D eigenvalue weighted by molar-refractivity contribution is 6.05. The molecule has 1 atom stereocenters. The highest BCUT2D eigenvalue weighted by Gasteiger charge is 2.31.